The summed E-state index contributed by atoms with van der Waals surface area (Å²) in [6.45, 7) is 2.86. The Morgan fingerprint density at radius 2 is 1.93 bits per heavy atom. The molecule has 1 aromatic heterocycles. The first-order chi connectivity index (χ1) is 14.1. The van der Waals surface area contributed by atoms with Crippen LogP contribution >= 0.6 is 0 Å². The minimum atomic E-state index is -0.609. The predicted octanol–water partition coefficient (Wildman–Crippen LogP) is 3.28. The van der Waals surface area contributed by atoms with E-state index in [1.807, 2.05) is 47.2 Å². The summed E-state index contributed by atoms with van der Waals surface area (Å²) in [5.74, 6) is 1.12. The first kappa shape index (κ1) is 19.6. The Morgan fingerprint density at radius 1 is 1.17 bits per heavy atom. The van der Waals surface area contributed by atoms with E-state index in [0.29, 0.717) is 12.5 Å². The van der Waals surface area contributed by atoms with Gasteiger partial charge in [-0.05, 0) is 48.6 Å². The van der Waals surface area contributed by atoms with Crippen molar-refractivity contribution in [3.63, 3.8) is 0 Å². The number of methoxy groups -OCH3 is 1. The van der Waals surface area contributed by atoms with Crippen LogP contribution in [-0.2, 0) is 22.7 Å². The second kappa shape index (κ2) is 8.31. The minimum absolute atomic E-state index is 0.0404. The Hall–Kier alpha value is -2.76. The normalized spacial score (nSPS) is 24.1. The molecule has 2 amide bonds. The molecule has 1 aliphatic heterocycles. The number of amides is 2. The summed E-state index contributed by atoms with van der Waals surface area (Å²) >= 11 is 0. The van der Waals surface area contributed by atoms with Crippen molar-refractivity contribution >= 4 is 11.8 Å². The van der Waals surface area contributed by atoms with Gasteiger partial charge in [-0.1, -0.05) is 31.9 Å². The maximum absolute atomic E-state index is 13.4. The first-order valence-corrected chi connectivity index (χ1v) is 10.4. The predicted molar refractivity (Wildman–Crippen MR) is 110 cm³/mol. The van der Waals surface area contributed by atoms with Crippen LogP contribution in [0.25, 0.3) is 0 Å². The molecule has 1 fully saturated rings. The Kier molecular flexibility index (Phi) is 5.60. The van der Waals surface area contributed by atoms with Crippen LogP contribution in [0.2, 0.25) is 0 Å². The summed E-state index contributed by atoms with van der Waals surface area (Å²) in [6.07, 6.45) is 6.39. The lowest BCUT2D eigenvalue weighted by Crippen LogP contribution is -2.51. The van der Waals surface area contributed by atoms with Gasteiger partial charge in [0, 0.05) is 18.8 Å². The van der Waals surface area contributed by atoms with Gasteiger partial charge < -0.3 is 19.5 Å². The van der Waals surface area contributed by atoms with E-state index < -0.39 is 6.04 Å². The van der Waals surface area contributed by atoms with E-state index in [-0.39, 0.29) is 24.4 Å². The van der Waals surface area contributed by atoms with Gasteiger partial charge in [-0.3, -0.25) is 9.59 Å². The molecule has 3 atom stereocenters. The molecule has 154 valence electrons. The van der Waals surface area contributed by atoms with Crippen molar-refractivity contribution in [3.8, 4) is 5.75 Å². The van der Waals surface area contributed by atoms with Crippen LogP contribution in [0.3, 0.4) is 0 Å². The minimum Gasteiger partial charge on any atom is -0.497 e. The Labute approximate surface area is 171 Å². The molecule has 6 nitrogen and oxygen atoms in total. The van der Waals surface area contributed by atoms with Crippen LogP contribution < -0.4 is 10.1 Å². The molecule has 1 saturated carbocycles. The summed E-state index contributed by atoms with van der Waals surface area (Å²) in [5, 5.41) is 3.26. The molecule has 6 heteroatoms. The SMILES string of the molecule is COc1ccc(CN2C(=O)Cn3cccc3[C@@H]2C(=O)N[C@@H]2CCCC[C@@H]2C)cc1. The number of aromatic nitrogens is 1. The molecule has 0 saturated heterocycles. The molecule has 1 aliphatic carbocycles. The Bertz CT molecular complexity index is 874. The van der Waals surface area contributed by atoms with Crippen molar-refractivity contribution in [1.82, 2.24) is 14.8 Å². The van der Waals surface area contributed by atoms with E-state index in [1.165, 1.54) is 6.42 Å². The highest BCUT2D eigenvalue weighted by Gasteiger charge is 2.38. The molecule has 0 bridgehead atoms. The number of hydrogen-bond acceptors (Lipinski definition) is 3. The molecule has 2 heterocycles. The molecule has 0 radical (unpaired) electrons. The van der Waals surface area contributed by atoms with Crippen LogP contribution in [0.4, 0.5) is 0 Å². The molecule has 2 aromatic rings. The van der Waals surface area contributed by atoms with Crippen molar-refractivity contribution in [2.75, 3.05) is 7.11 Å². The third kappa shape index (κ3) is 4.02. The Balaban J connectivity index is 1.59. The molecule has 1 aromatic carbocycles. The van der Waals surface area contributed by atoms with Crippen LogP contribution in [0.5, 0.6) is 5.75 Å². The number of fused-ring (bicyclic) bond motifs is 1. The lowest BCUT2D eigenvalue weighted by Gasteiger charge is -2.38. The molecule has 0 unspecified atom stereocenters. The van der Waals surface area contributed by atoms with E-state index >= 15 is 0 Å². The zero-order chi connectivity index (χ0) is 20.4. The molecular weight excluding hydrogens is 366 g/mol. The van der Waals surface area contributed by atoms with Crippen molar-refractivity contribution in [1.29, 1.82) is 0 Å². The summed E-state index contributed by atoms with van der Waals surface area (Å²) in [4.78, 5) is 28.0. The maximum atomic E-state index is 13.4. The van der Waals surface area contributed by atoms with E-state index in [0.717, 1.165) is 36.3 Å². The van der Waals surface area contributed by atoms with Crippen molar-refractivity contribution in [2.45, 2.75) is 57.8 Å². The van der Waals surface area contributed by atoms with Crippen molar-refractivity contribution in [2.24, 2.45) is 5.92 Å². The van der Waals surface area contributed by atoms with E-state index in [2.05, 4.69) is 12.2 Å². The van der Waals surface area contributed by atoms with Gasteiger partial charge in [0.2, 0.25) is 11.8 Å². The van der Waals surface area contributed by atoms with E-state index in [4.69, 9.17) is 4.74 Å². The third-order valence-corrected chi connectivity index (χ3v) is 6.28. The maximum Gasteiger partial charge on any atom is 0.249 e. The second-order valence-corrected chi connectivity index (χ2v) is 8.21. The fraction of sp³-hybridized carbons (Fsp3) is 0.478. The molecule has 0 spiro atoms. The second-order valence-electron chi connectivity index (χ2n) is 8.21. The number of ether oxygens (including phenoxy) is 1. The number of carbonyl (C=O) groups excluding carboxylic acids is 2. The first-order valence-electron chi connectivity index (χ1n) is 10.4. The van der Waals surface area contributed by atoms with Gasteiger partial charge in [0.15, 0.2) is 6.04 Å². The molecule has 1 N–H and O–H groups in total. The molecule has 29 heavy (non-hydrogen) atoms. The van der Waals surface area contributed by atoms with Crippen LogP contribution in [0, 0.1) is 5.92 Å². The monoisotopic (exact) mass is 395 g/mol. The van der Waals surface area contributed by atoms with Gasteiger partial charge in [-0.25, -0.2) is 0 Å². The number of nitrogens with one attached hydrogen (secondary N) is 1. The fourth-order valence-corrected chi connectivity index (χ4v) is 4.54. The number of rotatable bonds is 5. The summed E-state index contributed by atoms with van der Waals surface area (Å²) in [6, 6.07) is 11.1. The zero-order valence-corrected chi connectivity index (χ0v) is 17.1. The zero-order valence-electron chi connectivity index (χ0n) is 17.1. The Morgan fingerprint density at radius 3 is 2.66 bits per heavy atom. The van der Waals surface area contributed by atoms with Gasteiger partial charge in [0.1, 0.15) is 12.3 Å². The highest BCUT2D eigenvalue weighted by molar-refractivity contribution is 5.90. The van der Waals surface area contributed by atoms with E-state index in [1.54, 1.807) is 12.0 Å². The van der Waals surface area contributed by atoms with Gasteiger partial charge in [0.05, 0.1) is 12.8 Å². The standard InChI is InChI=1S/C23H29N3O3/c1-16-6-3-4-7-19(16)24-23(28)22-20-8-5-13-25(20)15-21(27)26(22)14-17-9-11-18(29-2)12-10-17/h5,8-13,16,19,22H,3-4,6-7,14-15H2,1-2H3,(H,24,28)/t16-,19+,22+/m0/s1. The molecule has 2 aliphatic rings. The number of carbonyl (C=O) groups is 2. The number of benzene rings is 1. The molecule has 4 rings (SSSR count). The number of hydrogen-bond donors (Lipinski definition) is 1. The highest BCUT2D eigenvalue weighted by atomic mass is 16.5. The average Bonchev–Trinajstić information content (AvgIpc) is 3.18. The van der Waals surface area contributed by atoms with Crippen LogP contribution in [0.15, 0.2) is 42.6 Å². The smallest absolute Gasteiger partial charge is 0.249 e. The van der Waals surface area contributed by atoms with Gasteiger partial charge in [-0.2, -0.15) is 0 Å². The van der Waals surface area contributed by atoms with Crippen molar-refractivity contribution < 1.29 is 14.3 Å². The highest BCUT2D eigenvalue weighted by Crippen LogP contribution is 2.31. The summed E-state index contributed by atoms with van der Waals surface area (Å²) in [7, 11) is 1.63. The van der Waals surface area contributed by atoms with Gasteiger partial charge in [0.25, 0.3) is 0 Å². The lowest BCUT2D eigenvalue weighted by atomic mass is 9.85. The van der Waals surface area contributed by atoms with Gasteiger partial charge >= 0.3 is 0 Å². The third-order valence-electron chi connectivity index (χ3n) is 6.28. The number of nitrogens with zero attached hydrogens (tertiary/aromatic N) is 2. The van der Waals surface area contributed by atoms with Crippen molar-refractivity contribution in [3.05, 3.63) is 53.9 Å². The van der Waals surface area contributed by atoms with Gasteiger partial charge in [-0.15, -0.1) is 0 Å². The average molecular weight is 396 g/mol. The lowest BCUT2D eigenvalue weighted by molar-refractivity contribution is -0.145. The largest absolute Gasteiger partial charge is 0.497 e. The molecular formula is C23H29N3O3. The topological polar surface area (TPSA) is 63.6 Å². The van der Waals surface area contributed by atoms with Crippen LogP contribution in [-0.4, -0.2) is 34.4 Å². The fourth-order valence-electron chi connectivity index (χ4n) is 4.54. The quantitative estimate of drug-likeness (QED) is 0.845. The van der Waals surface area contributed by atoms with E-state index in [9.17, 15) is 9.59 Å². The van der Waals surface area contributed by atoms with Crippen LogP contribution in [0.1, 0.15) is 49.9 Å². The summed E-state index contributed by atoms with van der Waals surface area (Å²) < 4.78 is 7.11. The summed E-state index contributed by atoms with van der Waals surface area (Å²) in [5.41, 5.74) is 1.85.